The minimum absolute atomic E-state index is 0.0679. The van der Waals surface area contributed by atoms with Gasteiger partial charge in [0, 0.05) is 24.1 Å². The van der Waals surface area contributed by atoms with Gasteiger partial charge in [0.05, 0.1) is 10.9 Å². The lowest BCUT2D eigenvalue weighted by atomic mass is 10.2. The van der Waals surface area contributed by atoms with Crippen molar-refractivity contribution in [3.8, 4) is 0 Å². The van der Waals surface area contributed by atoms with E-state index in [0.29, 0.717) is 10.5 Å². The number of nitrogens with one attached hydrogen (secondary N) is 1. The molecule has 3 aromatic rings. The summed E-state index contributed by atoms with van der Waals surface area (Å²) < 4.78 is 2.03. The highest BCUT2D eigenvalue weighted by molar-refractivity contribution is 7.99. The Hall–Kier alpha value is -1.75. The third-order valence-corrected chi connectivity index (χ3v) is 3.75. The molecule has 5 heteroatoms. The molecule has 0 bridgehead atoms. The van der Waals surface area contributed by atoms with E-state index in [9.17, 15) is 4.79 Å². The van der Waals surface area contributed by atoms with E-state index in [-0.39, 0.29) is 5.56 Å². The van der Waals surface area contributed by atoms with Crippen molar-refractivity contribution in [2.75, 3.05) is 5.75 Å². The zero-order valence-corrected chi connectivity index (χ0v) is 11.0. The highest BCUT2D eigenvalue weighted by Gasteiger charge is 2.09. The van der Waals surface area contributed by atoms with Gasteiger partial charge in [0.2, 0.25) is 0 Å². The van der Waals surface area contributed by atoms with Gasteiger partial charge in [-0.1, -0.05) is 18.7 Å². The summed E-state index contributed by atoms with van der Waals surface area (Å²) in [4.78, 5) is 19.4. The van der Waals surface area contributed by atoms with E-state index in [2.05, 4.69) is 9.97 Å². The molecule has 2 aromatic heterocycles. The molecule has 1 aromatic carbocycles. The molecule has 18 heavy (non-hydrogen) atoms. The summed E-state index contributed by atoms with van der Waals surface area (Å²) in [5, 5.41) is 2.36. The maximum atomic E-state index is 12.0. The molecular weight excluding hydrogens is 246 g/mol. The third-order valence-electron chi connectivity index (χ3n) is 3.00. The van der Waals surface area contributed by atoms with Crippen LogP contribution in [0.4, 0.5) is 0 Å². The summed E-state index contributed by atoms with van der Waals surface area (Å²) in [6.07, 6.45) is 1.99. The molecule has 0 aliphatic carbocycles. The predicted molar refractivity (Wildman–Crippen MR) is 75.2 cm³/mol. The SMILES string of the molecule is CCSc1nc2c(ccc3c2ccn3C)c(=O)[nH]1. The minimum atomic E-state index is -0.0679. The van der Waals surface area contributed by atoms with Crippen molar-refractivity contribution in [2.24, 2.45) is 7.05 Å². The topological polar surface area (TPSA) is 50.7 Å². The average Bonchev–Trinajstić information content (AvgIpc) is 2.72. The van der Waals surface area contributed by atoms with E-state index in [1.54, 1.807) is 11.8 Å². The number of aryl methyl sites for hydroxylation is 1. The molecule has 0 fully saturated rings. The van der Waals surface area contributed by atoms with Gasteiger partial charge in [-0.05, 0) is 24.0 Å². The molecule has 2 heterocycles. The quantitative estimate of drug-likeness (QED) is 0.568. The van der Waals surface area contributed by atoms with Crippen molar-refractivity contribution >= 4 is 33.6 Å². The van der Waals surface area contributed by atoms with E-state index in [1.807, 2.05) is 42.9 Å². The smallest absolute Gasteiger partial charge is 0.259 e. The molecule has 0 saturated carbocycles. The zero-order chi connectivity index (χ0) is 12.7. The molecule has 0 unspecified atom stereocenters. The Morgan fingerprint density at radius 3 is 2.94 bits per heavy atom. The van der Waals surface area contributed by atoms with Crippen molar-refractivity contribution in [3.05, 3.63) is 34.7 Å². The molecule has 0 saturated heterocycles. The number of benzene rings is 1. The highest BCUT2D eigenvalue weighted by Crippen LogP contribution is 2.23. The van der Waals surface area contributed by atoms with Crippen LogP contribution in [0.25, 0.3) is 21.8 Å². The first-order chi connectivity index (χ1) is 8.70. The fourth-order valence-electron chi connectivity index (χ4n) is 2.14. The van der Waals surface area contributed by atoms with E-state index in [4.69, 9.17) is 0 Å². The molecule has 0 radical (unpaired) electrons. The maximum absolute atomic E-state index is 12.0. The van der Waals surface area contributed by atoms with E-state index >= 15 is 0 Å². The van der Waals surface area contributed by atoms with Gasteiger partial charge in [-0.3, -0.25) is 4.79 Å². The summed E-state index contributed by atoms with van der Waals surface area (Å²) >= 11 is 1.55. The fraction of sp³-hybridized carbons (Fsp3) is 0.231. The van der Waals surface area contributed by atoms with Crippen molar-refractivity contribution in [3.63, 3.8) is 0 Å². The Morgan fingerprint density at radius 2 is 2.17 bits per heavy atom. The Morgan fingerprint density at radius 1 is 1.33 bits per heavy atom. The Balaban J connectivity index is 2.44. The Bertz CT molecular complexity index is 788. The second-order valence-corrected chi connectivity index (χ2v) is 5.38. The lowest BCUT2D eigenvalue weighted by molar-refractivity contribution is 0.966. The van der Waals surface area contributed by atoms with Crippen molar-refractivity contribution in [1.82, 2.24) is 14.5 Å². The molecule has 0 amide bonds. The monoisotopic (exact) mass is 259 g/mol. The Labute approximate surface area is 108 Å². The molecule has 0 atom stereocenters. The molecule has 0 spiro atoms. The van der Waals surface area contributed by atoms with Gasteiger partial charge in [0.25, 0.3) is 5.56 Å². The summed E-state index contributed by atoms with van der Waals surface area (Å²) in [6.45, 7) is 2.04. The van der Waals surface area contributed by atoms with Crippen molar-refractivity contribution in [2.45, 2.75) is 12.1 Å². The number of aromatic nitrogens is 3. The summed E-state index contributed by atoms with van der Waals surface area (Å²) in [7, 11) is 1.99. The molecule has 92 valence electrons. The van der Waals surface area contributed by atoms with Crippen LogP contribution in [0.3, 0.4) is 0 Å². The zero-order valence-electron chi connectivity index (χ0n) is 10.2. The highest BCUT2D eigenvalue weighted by atomic mass is 32.2. The number of hydrogen-bond acceptors (Lipinski definition) is 3. The van der Waals surface area contributed by atoms with E-state index < -0.39 is 0 Å². The first-order valence-corrected chi connectivity index (χ1v) is 6.80. The van der Waals surface area contributed by atoms with E-state index in [0.717, 1.165) is 22.2 Å². The van der Waals surface area contributed by atoms with Gasteiger partial charge in [0.1, 0.15) is 0 Å². The standard InChI is InChI=1S/C13H13N3OS/c1-3-18-13-14-11-8-6-7-16(2)10(8)5-4-9(11)12(17)15-13/h4-7H,3H2,1-2H3,(H,14,15,17). The van der Waals surface area contributed by atoms with Crippen LogP contribution in [0.2, 0.25) is 0 Å². The molecule has 3 rings (SSSR count). The lowest BCUT2D eigenvalue weighted by Gasteiger charge is -2.03. The first-order valence-electron chi connectivity index (χ1n) is 5.81. The summed E-state index contributed by atoms with van der Waals surface area (Å²) in [5.74, 6) is 0.888. The predicted octanol–water partition coefficient (Wildman–Crippen LogP) is 2.53. The second-order valence-electron chi connectivity index (χ2n) is 4.13. The van der Waals surface area contributed by atoms with Gasteiger partial charge < -0.3 is 9.55 Å². The molecular formula is C13H13N3OS. The molecule has 4 nitrogen and oxygen atoms in total. The fourth-order valence-corrected chi connectivity index (χ4v) is 2.73. The number of hydrogen-bond donors (Lipinski definition) is 1. The average molecular weight is 259 g/mol. The van der Waals surface area contributed by atoms with Crippen LogP contribution in [-0.4, -0.2) is 20.3 Å². The largest absolute Gasteiger partial charge is 0.350 e. The van der Waals surface area contributed by atoms with Crippen LogP contribution in [0.5, 0.6) is 0 Å². The van der Waals surface area contributed by atoms with Crippen LogP contribution < -0.4 is 5.56 Å². The van der Waals surface area contributed by atoms with Gasteiger partial charge in [-0.2, -0.15) is 0 Å². The van der Waals surface area contributed by atoms with Crippen LogP contribution in [0.15, 0.2) is 34.3 Å². The molecule has 1 N–H and O–H groups in total. The number of fused-ring (bicyclic) bond motifs is 3. The summed E-state index contributed by atoms with van der Waals surface area (Å²) in [5.41, 5.74) is 1.81. The van der Waals surface area contributed by atoms with Crippen molar-refractivity contribution < 1.29 is 0 Å². The number of H-pyrrole nitrogens is 1. The van der Waals surface area contributed by atoms with Gasteiger partial charge in [-0.25, -0.2) is 4.98 Å². The van der Waals surface area contributed by atoms with Gasteiger partial charge >= 0.3 is 0 Å². The van der Waals surface area contributed by atoms with Crippen LogP contribution >= 0.6 is 11.8 Å². The Kier molecular flexibility index (Phi) is 2.63. The number of aromatic amines is 1. The molecule has 0 aliphatic rings. The van der Waals surface area contributed by atoms with Crippen LogP contribution in [0.1, 0.15) is 6.92 Å². The van der Waals surface area contributed by atoms with Crippen LogP contribution in [-0.2, 0) is 7.05 Å². The summed E-state index contributed by atoms with van der Waals surface area (Å²) in [6, 6.07) is 5.80. The normalized spacial score (nSPS) is 11.4. The minimum Gasteiger partial charge on any atom is -0.350 e. The van der Waals surface area contributed by atoms with Gasteiger partial charge in [-0.15, -0.1) is 0 Å². The third kappa shape index (κ3) is 1.62. The molecule has 0 aliphatic heterocycles. The van der Waals surface area contributed by atoms with E-state index in [1.165, 1.54) is 0 Å². The van der Waals surface area contributed by atoms with Crippen molar-refractivity contribution in [1.29, 1.82) is 0 Å². The van der Waals surface area contributed by atoms with Gasteiger partial charge in [0.15, 0.2) is 5.16 Å². The first kappa shape index (κ1) is 11.3. The number of rotatable bonds is 2. The number of nitrogens with zero attached hydrogens (tertiary/aromatic N) is 2. The van der Waals surface area contributed by atoms with Crippen LogP contribution in [0, 0.1) is 0 Å². The lowest BCUT2D eigenvalue weighted by Crippen LogP contribution is -2.09. The number of thioether (sulfide) groups is 1. The second kappa shape index (κ2) is 4.17. The maximum Gasteiger partial charge on any atom is 0.259 e.